The second-order valence-corrected chi connectivity index (χ2v) is 3.18. The first-order valence-corrected chi connectivity index (χ1v) is 4.70. The highest BCUT2D eigenvalue weighted by atomic mass is 16.5. The van der Waals surface area contributed by atoms with Gasteiger partial charge < -0.3 is 4.74 Å². The van der Waals surface area contributed by atoms with E-state index < -0.39 is 0 Å². The van der Waals surface area contributed by atoms with Crippen molar-refractivity contribution < 1.29 is 4.74 Å². The van der Waals surface area contributed by atoms with Gasteiger partial charge in [-0.25, -0.2) is 0 Å². The molecule has 0 spiro atoms. The van der Waals surface area contributed by atoms with Gasteiger partial charge in [-0.3, -0.25) is 4.98 Å². The normalized spacial score (nSPS) is 12.0. The molecule has 0 aromatic carbocycles. The molecule has 0 aliphatic heterocycles. The molecule has 1 unspecified atom stereocenters. The maximum Gasteiger partial charge on any atom is 0.0677 e. The summed E-state index contributed by atoms with van der Waals surface area (Å²) in [5.41, 5.74) is 1.03. The molecule has 1 rings (SSSR count). The van der Waals surface area contributed by atoms with E-state index in [1.807, 2.05) is 25.1 Å². The van der Waals surface area contributed by atoms with Crippen LogP contribution in [0.3, 0.4) is 0 Å². The third kappa shape index (κ3) is 4.01. The highest BCUT2D eigenvalue weighted by molar-refractivity contribution is 5.03. The number of pyridine rings is 1. The number of nitrogens with zero attached hydrogens (tertiary/aromatic N) is 2. The van der Waals surface area contributed by atoms with Crippen molar-refractivity contribution in [2.24, 2.45) is 5.92 Å². The van der Waals surface area contributed by atoms with E-state index in [4.69, 9.17) is 10.00 Å². The molecule has 0 aliphatic rings. The van der Waals surface area contributed by atoms with Gasteiger partial charge in [0.25, 0.3) is 0 Å². The predicted molar refractivity (Wildman–Crippen MR) is 53.5 cm³/mol. The molecule has 74 valence electrons. The minimum absolute atomic E-state index is 0.0290. The van der Waals surface area contributed by atoms with Crippen molar-refractivity contribution in [1.29, 1.82) is 5.26 Å². The summed E-state index contributed by atoms with van der Waals surface area (Å²) in [5, 5.41) is 8.51. The summed E-state index contributed by atoms with van der Waals surface area (Å²) in [4.78, 5) is 4.17. The van der Waals surface area contributed by atoms with E-state index in [1.165, 1.54) is 0 Å². The van der Waals surface area contributed by atoms with Gasteiger partial charge in [0.2, 0.25) is 0 Å². The van der Waals surface area contributed by atoms with Gasteiger partial charge >= 0.3 is 0 Å². The van der Waals surface area contributed by atoms with Crippen molar-refractivity contribution in [1.82, 2.24) is 4.98 Å². The van der Waals surface area contributed by atoms with Gasteiger partial charge in [-0.1, -0.05) is 6.07 Å². The molecule has 0 saturated heterocycles. The number of ether oxygens (including phenoxy) is 1. The van der Waals surface area contributed by atoms with Crippen LogP contribution in [0.25, 0.3) is 0 Å². The molecule has 0 N–H and O–H groups in total. The quantitative estimate of drug-likeness (QED) is 0.665. The summed E-state index contributed by atoms with van der Waals surface area (Å²) in [6, 6.07) is 7.94. The van der Waals surface area contributed by atoms with Gasteiger partial charge in [-0.2, -0.15) is 5.26 Å². The average molecular weight is 190 g/mol. The fourth-order valence-electron chi connectivity index (χ4n) is 1.02. The molecule has 1 aromatic rings. The molecule has 3 heteroatoms. The Balaban J connectivity index is 2.14. The molecule has 0 radical (unpaired) electrons. The van der Waals surface area contributed by atoms with Crippen molar-refractivity contribution in [2.75, 3.05) is 13.2 Å². The Morgan fingerprint density at radius 2 is 2.43 bits per heavy atom. The lowest BCUT2D eigenvalue weighted by Crippen LogP contribution is -2.06. The van der Waals surface area contributed by atoms with E-state index in [2.05, 4.69) is 11.1 Å². The summed E-state index contributed by atoms with van der Waals surface area (Å²) < 4.78 is 5.33. The lowest BCUT2D eigenvalue weighted by Gasteiger charge is -2.04. The van der Waals surface area contributed by atoms with Crippen molar-refractivity contribution in [3.8, 4) is 6.07 Å². The van der Waals surface area contributed by atoms with Gasteiger partial charge in [-0.15, -0.1) is 0 Å². The largest absolute Gasteiger partial charge is 0.380 e. The van der Waals surface area contributed by atoms with Crippen LogP contribution in [0.1, 0.15) is 12.6 Å². The molecule has 0 fully saturated rings. The van der Waals surface area contributed by atoms with E-state index in [-0.39, 0.29) is 5.92 Å². The second kappa shape index (κ2) is 6.11. The monoisotopic (exact) mass is 190 g/mol. The van der Waals surface area contributed by atoms with Crippen LogP contribution in [0, 0.1) is 17.2 Å². The fourth-order valence-corrected chi connectivity index (χ4v) is 1.02. The molecule has 14 heavy (non-hydrogen) atoms. The Labute approximate surface area is 84.3 Å². The highest BCUT2D eigenvalue weighted by Gasteiger charge is 1.99. The highest BCUT2D eigenvalue weighted by Crippen LogP contribution is 1.97. The molecule has 0 saturated carbocycles. The van der Waals surface area contributed by atoms with Gasteiger partial charge in [0.15, 0.2) is 0 Å². The topological polar surface area (TPSA) is 45.9 Å². The Hall–Kier alpha value is -1.40. The number of nitriles is 1. The summed E-state index contributed by atoms with van der Waals surface area (Å²) in [5.74, 6) is -0.0290. The van der Waals surface area contributed by atoms with E-state index >= 15 is 0 Å². The van der Waals surface area contributed by atoms with Crippen molar-refractivity contribution >= 4 is 0 Å². The molecule has 0 aliphatic carbocycles. The zero-order chi connectivity index (χ0) is 10.2. The van der Waals surface area contributed by atoms with Crippen molar-refractivity contribution in [3.05, 3.63) is 30.1 Å². The lowest BCUT2D eigenvalue weighted by atomic mass is 10.2. The van der Waals surface area contributed by atoms with E-state index in [1.54, 1.807) is 6.20 Å². The zero-order valence-electron chi connectivity index (χ0n) is 8.31. The van der Waals surface area contributed by atoms with Crippen LogP contribution in [0.5, 0.6) is 0 Å². The van der Waals surface area contributed by atoms with Crippen molar-refractivity contribution in [3.63, 3.8) is 0 Å². The first kappa shape index (κ1) is 10.7. The Morgan fingerprint density at radius 3 is 3.07 bits per heavy atom. The molecule has 0 bridgehead atoms. The Morgan fingerprint density at radius 1 is 1.57 bits per heavy atom. The Bertz CT molecular complexity index is 292. The fraction of sp³-hybridized carbons (Fsp3) is 0.455. The minimum Gasteiger partial charge on any atom is -0.380 e. The predicted octanol–water partition coefficient (Wildman–Crippen LogP) is 1.80. The van der Waals surface area contributed by atoms with Crippen molar-refractivity contribution in [2.45, 2.75) is 13.3 Å². The van der Waals surface area contributed by atoms with Crippen LogP contribution >= 0.6 is 0 Å². The van der Waals surface area contributed by atoms with Crippen LogP contribution < -0.4 is 0 Å². The number of aromatic nitrogens is 1. The molecule has 0 amide bonds. The molecule has 1 aromatic heterocycles. The molecule has 1 atom stereocenters. The van der Waals surface area contributed by atoms with Crippen LogP contribution in [-0.2, 0) is 11.2 Å². The van der Waals surface area contributed by atoms with Gasteiger partial charge in [0.05, 0.1) is 25.2 Å². The van der Waals surface area contributed by atoms with Crippen LogP contribution in [0.2, 0.25) is 0 Å². The maximum atomic E-state index is 8.51. The third-order valence-corrected chi connectivity index (χ3v) is 1.82. The van der Waals surface area contributed by atoms with Gasteiger partial charge in [0, 0.05) is 18.3 Å². The van der Waals surface area contributed by atoms with Gasteiger partial charge in [0.1, 0.15) is 0 Å². The molecular weight excluding hydrogens is 176 g/mol. The van der Waals surface area contributed by atoms with Crippen LogP contribution in [-0.4, -0.2) is 18.2 Å². The van der Waals surface area contributed by atoms with E-state index in [0.717, 1.165) is 12.1 Å². The standard InChI is InChI=1S/C11H14N2O/c1-10(8-12)9-14-7-5-11-4-2-3-6-13-11/h2-4,6,10H,5,7,9H2,1H3. The zero-order valence-corrected chi connectivity index (χ0v) is 8.31. The second-order valence-electron chi connectivity index (χ2n) is 3.18. The van der Waals surface area contributed by atoms with E-state index in [0.29, 0.717) is 13.2 Å². The summed E-state index contributed by atoms with van der Waals surface area (Å²) >= 11 is 0. The van der Waals surface area contributed by atoms with Crippen LogP contribution in [0.15, 0.2) is 24.4 Å². The minimum atomic E-state index is -0.0290. The van der Waals surface area contributed by atoms with Gasteiger partial charge in [-0.05, 0) is 19.1 Å². The first-order chi connectivity index (χ1) is 6.83. The maximum absolute atomic E-state index is 8.51. The smallest absolute Gasteiger partial charge is 0.0677 e. The number of hydrogen-bond donors (Lipinski definition) is 0. The lowest BCUT2D eigenvalue weighted by molar-refractivity contribution is 0.121. The first-order valence-electron chi connectivity index (χ1n) is 4.70. The third-order valence-electron chi connectivity index (χ3n) is 1.82. The summed E-state index contributed by atoms with van der Waals surface area (Å²) in [7, 11) is 0. The van der Waals surface area contributed by atoms with E-state index in [9.17, 15) is 0 Å². The average Bonchev–Trinajstić information content (AvgIpc) is 2.25. The summed E-state index contributed by atoms with van der Waals surface area (Å²) in [6.45, 7) is 2.98. The number of rotatable bonds is 5. The molecule has 3 nitrogen and oxygen atoms in total. The SMILES string of the molecule is CC(C#N)COCCc1ccccn1. The molecular formula is C11H14N2O. The molecule has 1 heterocycles. The number of hydrogen-bond acceptors (Lipinski definition) is 3. The van der Waals surface area contributed by atoms with Crippen LogP contribution in [0.4, 0.5) is 0 Å². The Kier molecular flexibility index (Phi) is 4.66. The summed E-state index contributed by atoms with van der Waals surface area (Å²) in [6.07, 6.45) is 2.58.